The molecule has 2 aromatic rings. The molecule has 2 aliphatic heterocycles. The molecule has 4 rings (SSSR count). The first-order chi connectivity index (χ1) is 17.6. The monoisotopic (exact) mass is 525 g/mol. The van der Waals surface area contributed by atoms with Gasteiger partial charge in [0, 0.05) is 30.5 Å². The van der Waals surface area contributed by atoms with Gasteiger partial charge in [-0.1, -0.05) is 17.4 Å². The lowest BCUT2D eigenvalue weighted by Gasteiger charge is -2.29. The number of fused-ring (bicyclic) bond motifs is 2. The maximum Gasteiger partial charge on any atom is 0.263 e. The van der Waals surface area contributed by atoms with Crippen LogP contribution in [0.5, 0.6) is 5.75 Å². The molecule has 2 aliphatic rings. The minimum absolute atomic E-state index is 0.0245. The number of aromatic nitrogens is 1. The van der Waals surface area contributed by atoms with Crippen LogP contribution in [-0.2, 0) is 20.8 Å². The second-order valence-electron chi connectivity index (χ2n) is 9.61. The Kier molecular flexibility index (Phi) is 7.91. The van der Waals surface area contributed by atoms with E-state index in [-0.39, 0.29) is 42.0 Å². The van der Waals surface area contributed by atoms with Gasteiger partial charge in [-0.25, -0.2) is 4.98 Å². The standard InChI is InChI=1S/C26H31N5O5S/c1-4-6-17(32)7-5-8-21(33)27-15-22(34)28-16-9-10-20-19(13-16)31(11-12-36-20)25-29-18-14-26(2,3)30-24(35)23(18)37-25/h4,6,9-10,13H,5,7-8,11-12,14-15H2,1-3H3,(H,27,33)(H,28,34)(H,30,35). The highest BCUT2D eigenvalue weighted by atomic mass is 32.1. The van der Waals surface area contributed by atoms with Crippen LogP contribution in [0.4, 0.5) is 16.5 Å². The number of ether oxygens (including phenoxy) is 1. The minimum atomic E-state index is -0.370. The van der Waals surface area contributed by atoms with Gasteiger partial charge in [-0.3, -0.25) is 19.2 Å². The summed E-state index contributed by atoms with van der Waals surface area (Å²) in [6.07, 6.45) is 4.70. The van der Waals surface area contributed by atoms with Gasteiger partial charge < -0.3 is 25.6 Å². The Morgan fingerprint density at radius 3 is 2.84 bits per heavy atom. The van der Waals surface area contributed by atoms with Crippen molar-refractivity contribution in [3.05, 3.63) is 40.9 Å². The van der Waals surface area contributed by atoms with Crippen molar-refractivity contribution in [2.24, 2.45) is 0 Å². The minimum Gasteiger partial charge on any atom is -0.490 e. The van der Waals surface area contributed by atoms with Gasteiger partial charge in [-0.05, 0) is 51.5 Å². The maximum atomic E-state index is 12.6. The largest absolute Gasteiger partial charge is 0.490 e. The van der Waals surface area contributed by atoms with E-state index in [2.05, 4.69) is 16.0 Å². The van der Waals surface area contributed by atoms with Gasteiger partial charge in [0.05, 0.1) is 24.5 Å². The van der Waals surface area contributed by atoms with Crippen molar-refractivity contribution in [2.45, 2.75) is 52.0 Å². The molecule has 0 saturated carbocycles. The van der Waals surface area contributed by atoms with E-state index in [0.717, 1.165) is 11.4 Å². The SMILES string of the molecule is CC=CC(=O)CCCC(=O)NCC(=O)Nc1ccc2c(c1)N(c1nc3c(s1)C(=O)NC(C)(C)C3)CCO2. The highest BCUT2D eigenvalue weighted by Gasteiger charge is 2.34. The van der Waals surface area contributed by atoms with Crippen LogP contribution < -0.4 is 25.6 Å². The van der Waals surface area contributed by atoms with E-state index in [4.69, 9.17) is 9.72 Å². The summed E-state index contributed by atoms with van der Waals surface area (Å²) >= 11 is 1.34. The Bertz CT molecular complexity index is 1250. The number of amides is 3. The van der Waals surface area contributed by atoms with Gasteiger partial charge >= 0.3 is 0 Å². The first kappa shape index (κ1) is 26.3. The van der Waals surface area contributed by atoms with E-state index in [1.54, 1.807) is 31.2 Å². The molecular weight excluding hydrogens is 494 g/mol. The fraction of sp³-hybridized carbons (Fsp3) is 0.423. The third-order valence-electron chi connectivity index (χ3n) is 5.92. The summed E-state index contributed by atoms with van der Waals surface area (Å²) in [5.74, 6) is -0.138. The molecule has 0 aliphatic carbocycles. The van der Waals surface area contributed by atoms with Gasteiger partial charge in [0.15, 0.2) is 10.9 Å². The van der Waals surface area contributed by atoms with Gasteiger partial charge in [-0.15, -0.1) is 0 Å². The van der Waals surface area contributed by atoms with Crippen LogP contribution in [0.1, 0.15) is 55.4 Å². The summed E-state index contributed by atoms with van der Waals surface area (Å²) in [6, 6.07) is 5.31. The van der Waals surface area contributed by atoms with Crippen molar-refractivity contribution in [2.75, 3.05) is 29.9 Å². The molecule has 3 amide bonds. The van der Waals surface area contributed by atoms with Crippen molar-refractivity contribution in [3.63, 3.8) is 0 Å². The molecule has 196 valence electrons. The summed E-state index contributed by atoms with van der Waals surface area (Å²) in [7, 11) is 0. The number of anilines is 3. The van der Waals surface area contributed by atoms with E-state index < -0.39 is 0 Å². The zero-order chi connectivity index (χ0) is 26.6. The van der Waals surface area contributed by atoms with E-state index in [9.17, 15) is 19.2 Å². The molecule has 1 aromatic carbocycles. The number of rotatable bonds is 9. The Morgan fingerprint density at radius 2 is 2.05 bits per heavy atom. The summed E-state index contributed by atoms with van der Waals surface area (Å²) in [4.78, 5) is 55.9. The number of benzene rings is 1. The number of allylic oxidation sites excluding steroid dienone is 2. The Labute approximate surface area is 219 Å². The lowest BCUT2D eigenvalue weighted by molar-refractivity contribution is -0.124. The van der Waals surface area contributed by atoms with Gasteiger partial charge in [-0.2, -0.15) is 0 Å². The third-order valence-corrected chi connectivity index (χ3v) is 7.04. The van der Waals surface area contributed by atoms with Crippen LogP contribution in [0.25, 0.3) is 0 Å². The molecule has 37 heavy (non-hydrogen) atoms. The van der Waals surface area contributed by atoms with Gasteiger partial charge in [0.2, 0.25) is 11.8 Å². The first-order valence-electron chi connectivity index (χ1n) is 12.2. The summed E-state index contributed by atoms with van der Waals surface area (Å²) in [6.45, 7) is 6.55. The highest BCUT2D eigenvalue weighted by Crippen LogP contribution is 2.41. The van der Waals surface area contributed by atoms with Gasteiger partial charge in [0.25, 0.3) is 5.91 Å². The molecule has 0 radical (unpaired) electrons. The van der Waals surface area contributed by atoms with Crippen molar-refractivity contribution >= 4 is 51.3 Å². The second-order valence-corrected chi connectivity index (χ2v) is 10.6. The molecule has 1 aromatic heterocycles. The topological polar surface area (TPSA) is 130 Å². The number of hydrogen-bond acceptors (Lipinski definition) is 8. The van der Waals surface area contributed by atoms with Crippen molar-refractivity contribution in [1.29, 1.82) is 0 Å². The third kappa shape index (κ3) is 6.53. The molecule has 0 unspecified atom stereocenters. The molecule has 0 atom stereocenters. The lowest BCUT2D eigenvalue weighted by atomic mass is 9.94. The number of nitrogens with zero attached hydrogens (tertiary/aromatic N) is 2. The molecular formula is C26H31N5O5S. The van der Waals surface area contributed by atoms with Crippen molar-refractivity contribution in [1.82, 2.24) is 15.6 Å². The number of nitrogens with one attached hydrogen (secondary N) is 3. The maximum absolute atomic E-state index is 12.6. The number of ketones is 1. The summed E-state index contributed by atoms with van der Waals surface area (Å²) < 4.78 is 5.80. The molecule has 3 N–H and O–H groups in total. The average Bonchev–Trinajstić information content (AvgIpc) is 3.25. The molecule has 11 heteroatoms. The normalized spacial score (nSPS) is 15.9. The van der Waals surface area contributed by atoms with Crippen LogP contribution >= 0.6 is 11.3 Å². The smallest absolute Gasteiger partial charge is 0.263 e. The predicted octanol–water partition coefficient (Wildman–Crippen LogP) is 3.11. The zero-order valence-corrected chi connectivity index (χ0v) is 22.0. The van der Waals surface area contributed by atoms with Crippen molar-refractivity contribution in [3.8, 4) is 5.75 Å². The summed E-state index contributed by atoms with van der Waals surface area (Å²) in [5.41, 5.74) is 1.72. The average molecular weight is 526 g/mol. The van der Waals surface area contributed by atoms with Crippen LogP contribution in [0, 0.1) is 0 Å². The number of carbonyl (C=O) groups excluding carboxylic acids is 4. The van der Waals surface area contributed by atoms with Gasteiger partial charge in [0.1, 0.15) is 17.2 Å². The fourth-order valence-corrected chi connectivity index (χ4v) is 5.26. The summed E-state index contributed by atoms with van der Waals surface area (Å²) in [5, 5.41) is 9.09. The molecule has 0 spiro atoms. The highest BCUT2D eigenvalue weighted by molar-refractivity contribution is 7.17. The lowest BCUT2D eigenvalue weighted by Crippen LogP contribution is -2.48. The zero-order valence-electron chi connectivity index (χ0n) is 21.2. The van der Waals surface area contributed by atoms with E-state index in [0.29, 0.717) is 53.9 Å². The molecule has 10 nitrogen and oxygen atoms in total. The quantitative estimate of drug-likeness (QED) is 0.429. The Balaban J connectivity index is 1.38. The van der Waals surface area contributed by atoms with Crippen molar-refractivity contribution < 1.29 is 23.9 Å². The number of hydrogen-bond donors (Lipinski definition) is 3. The van der Waals surface area contributed by atoms with Crippen LogP contribution in [0.2, 0.25) is 0 Å². The fourth-order valence-electron chi connectivity index (χ4n) is 4.24. The Morgan fingerprint density at radius 1 is 1.24 bits per heavy atom. The van der Waals surface area contributed by atoms with Crippen LogP contribution in [0.3, 0.4) is 0 Å². The molecule has 0 saturated heterocycles. The number of thiazole rings is 1. The molecule has 0 bridgehead atoms. The molecule has 0 fully saturated rings. The second kappa shape index (κ2) is 11.1. The van der Waals surface area contributed by atoms with Crippen LogP contribution in [0.15, 0.2) is 30.4 Å². The Hall–Kier alpha value is -3.73. The first-order valence-corrected chi connectivity index (χ1v) is 13.1. The predicted molar refractivity (Wildman–Crippen MR) is 142 cm³/mol. The molecule has 3 heterocycles. The van der Waals surface area contributed by atoms with Crippen LogP contribution in [-0.4, -0.2) is 53.7 Å². The number of carbonyl (C=O) groups is 4. The van der Waals surface area contributed by atoms with E-state index in [1.807, 2.05) is 18.7 Å². The van der Waals surface area contributed by atoms with E-state index in [1.165, 1.54) is 17.4 Å². The van der Waals surface area contributed by atoms with E-state index >= 15 is 0 Å².